The van der Waals surface area contributed by atoms with Gasteiger partial charge in [0.2, 0.25) is 0 Å². The first-order valence-corrected chi connectivity index (χ1v) is 4.70. The van der Waals surface area contributed by atoms with Gasteiger partial charge in [0, 0.05) is 12.8 Å². The van der Waals surface area contributed by atoms with Gasteiger partial charge in [0.15, 0.2) is 11.6 Å². The first-order chi connectivity index (χ1) is 6.21. The minimum atomic E-state index is -0.591. The zero-order valence-electron chi connectivity index (χ0n) is 7.66. The molecule has 0 amide bonds. The number of carbonyl (C=O) groups excluding carboxylic acids is 1. The van der Waals surface area contributed by atoms with E-state index in [0.717, 1.165) is 6.42 Å². The van der Waals surface area contributed by atoms with E-state index in [4.69, 9.17) is 14.6 Å². The van der Waals surface area contributed by atoms with Gasteiger partial charge in [-0.25, -0.2) is 0 Å². The topological polar surface area (TPSA) is 55.8 Å². The summed E-state index contributed by atoms with van der Waals surface area (Å²) in [6.45, 7) is 1.82. The maximum atomic E-state index is 11.4. The van der Waals surface area contributed by atoms with Gasteiger partial charge in [-0.05, 0) is 6.42 Å². The van der Waals surface area contributed by atoms with Crippen LogP contribution in [-0.4, -0.2) is 35.5 Å². The van der Waals surface area contributed by atoms with Gasteiger partial charge in [-0.2, -0.15) is 0 Å². The number of Topliss-reactive ketones (excluding diaryl/α,β-unsaturated/α-hetero) is 1. The highest BCUT2D eigenvalue weighted by atomic mass is 16.8. The number of aliphatic hydroxyl groups is 1. The summed E-state index contributed by atoms with van der Waals surface area (Å²) in [6.07, 6.45) is 0.881. The quantitative estimate of drug-likeness (QED) is 0.670. The van der Waals surface area contributed by atoms with Crippen molar-refractivity contribution in [2.75, 3.05) is 6.61 Å². The SMILES string of the molecule is CC[C@]12CCC(=O)[C@H](O1)[C@H](CO)O2. The molecule has 0 aromatic carbocycles. The van der Waals surface area contributed by atoms with Gasteiger partial charge in [0.05, 0.1) is 6.61 Å². The number of hydrogen-bond acceptors (Lipinski definition) is 4. The predicted octanol–water partition coefficient (Wildman–Crippen LogP) is 0.232. The normalized spacial score (nSPS) is 44.0. The van der Waals surface area contributed by atoms with E-state index in [0.29, 0.717) is 12.8 Å². The van der Waals surface area contributed by atoms with E-state index < -0.39 is 18.0 Å². The Bertz CT molecular complexity index is 228. The number of hydrogen-bond donors (Lipinski definition) is 1. The highest BCUT2D eigenvalue weighted by Crippen LogP contribution is 2.40. The van der Waals surface area contributed by atoms with Crippen LogP contribution in [0.25, 0.3) is 0 Å². The maximum absolute atomic E-state index is 11.4. The Balaban J connectivity index is 2.20. The van der Waals surface area contributed by atoms with Crippen LogP contribution in [0.5, 0.6) is 0 Å². The minimum Gasteiger partial charge on any atom is -0.394 e. The van der Waals surface area contributed by atoms with Crippen molar-refractivity contribution in [1.29, 1.82) is 0 Å². The molecule has 4 heteroatoms. The summed E-state index contributed by atoms with van der Waals surface area (Å²) in [6, 6.07) is 0. The third kappa shape index (κ3) is 1.29. The van der Waals surface area contributed by atoms with Crippen LogP contribution >= 0.6 is 0 Å². The molecule has 0 spiro atoms. The Morgan fingerprint density at radius 1 is 1.62 bits per heavy atom. The van der Waals surface area contributed by atoms with E-state index >= 15 is 0 Å². The van der Waals surface area contributed by atoms with Crippen molar-refractivity contribution < 1.29 is 19.4 Å². The first-order valence-electron chi connectivity index (χ1n) is 4.70. The van der Waals surface area contributed by atoms with Crippen LogP contribution in [0.4, 0.5) is 0 Å². The summed E-state index contributed by atoms with van der Waals surface area (Å²) in [5.74, 6) is -0.535. The van der Waals surface area contributed by atoms with Crippen molar-refractivity contribution in [3.05, 3.63) is 0 Å². The van der Waals surface area contributed by atoms with Crippen molar-refractivity contribution in [2.24, 2.45) is 0 Å². The number of aliphatic hydroxyl groups excluding tert-OH is 1. The lowest BCUT2D eigenvalue weighted by molar-refractivity contribution is -0.197. The highest BCUT2D eigenvalue weighted by molar-refractivity contribution is 5.85. The molecule has 13 heavy (non-hydrogen) atoms. The van der Waals surface area contributed by atoms with Gasteiger partial charge in [0.25, 0.3) is 0 Å². The molecule has 0 aromatic heterocycles. The smallest absolute Gasteiger partial charge is 0.170 e. The lowest BCUT2D eigenvalue weighted by Gasteiger charge is -2.29. The number of fused-ring (bicyclic) bond motifs is 2. The molecule has 0 aromatic rings. The van der Waals surface area contributed by atoms with Crippen LogP contribution in [0.2, 0.25) is 0 Å². The Hall–Kier alpha value is -0.450. The van der Waals surface area contributed by atoms with Crippen molar-refractivity contribution in [3.63, 3.8) is 0 Å². The number of ketones is 1. The summed E-state index contributed by atoms with van der Waals surface area (Å²) in [7, 11) is 0. The molecule has 2 saturated heterocycles. The Kier molecular flexibility index (Phi) is 2.14. The maximum Gasteiger partial charge on any atom is 0.170 e. The summed E-state index contributed by atoms with van der Waals surface area (Å²) >= 11 is 0. The lowest BCUT2D eigenvalue weighted by atomic mass is 9.99. The monoisotopic (exact) mass is 186 g/mol. The molecule has 2 rings (SSSR count). The fourth-order valence-corrected chi connectivity index (χ4v) is 2.00. The van der Waals surface area contributed by atoms with Crippen molar-refractivity contribution in [2.45, 2.75) is 44.2 Å². The largest absolute Gasteiger partial charge is 0.394 e. The molecule has 0 unspecified atom stereocenters. The van der Waals surface area contributed by atoms with E-state index in [1.165, 1.54) is 0 Å². The van der Waals surface area contributed by atoms with Gasteiger partial charge in [0.1, 0.15) is 12.2 Å². The summed E-state index contributed by atoms with van der Waals surface area (Å²) in [5, 5.41) is 8.98. The summed E-state index contributed by atoms with van der Waals surface area (Å²) < 4.78 is 11.1. The first kappa shape index (κ1) is 9.12. The van der Waals surface area contributed by atoms with Crippen LogP contribution in [0, 0.1) is 0 Å². The second-order valence-corrected chi connectivity index (χ2v) is 3.61. The van der Waals surface area contributed by atoms with E-state index in [2.05, 4.69) is 0 Å². The molecular formula is C9H14O4. The zero-order chi connectivity index (χ0) is 9.47. The third-order valence-electron chi connectivity index (χ3n) is 2.83. The van der Waals surface area contributed by atoms with Crippen LogP contribution in [0.15, 0.2) is 0 Å². The molecule has 2 heterocycles. The van der Waals surface area contributed by atoms with Crippen LogP contribution in [-0.2, 0) is 14.3 Å². The number of ether oxygens (including phenoxy) is 2. The second-order valence-electron chi connectivity index (χ2n) is 3.61. The van der Waals surface area contributed by atoms with E-state index in [1.807, 2.05) is 6.92 Å². The predicted molar refractivity (Wildman–Crippen MR) is 44.1 cm³/mol. The average Bonchev–Trinajstić information content (AvgIpc) is 2.49. The average molecular weight is 186 g/mol. The van der Waals surface area contributed by atoms with Gasteiger partial charge in [-0.15, -0.1) is 0 Å². The summed E-state index contributed by atoms with van der Waals surface area (Å²) in [5.41, 5.74) is 0. The molecule has 74 valence electrons. The van der Waals surface area contributed by atoms with Crippen LogP contribution < -0.4 is 0 Å². The Morgan fingerprint density at radius 2 is 2.38 bits per heavy atom. The van der Waals surface area contributed by atoms with Crippen molar-refractivity contribution in [3.8, 4) is 0 Å². The van der Waals surface area contributed by atoms with Crippen LogP contribution in [0.3, 0.4) is 0 Å². The molecule has 2 fully saturated rings. The second kappa shape index (κ2) is 3.04. The summed E-state index contributed by atoms with van der Waals surface area (Å²) in [4.78, 5) is 11.4. The molecular weight excluding hydrogens is 172 g/mol. The van der Waals surface area contributed by atoms with E-state index in [1.54, 1.807) is 0 Å². The fourth-order valence-electron chi connectivity index (χ4n) is 2.00. The molecule has 0 aliphatic carbocycles. The minimum absolute atomic E-state index is 0.0561. The Labute approximate surface area is 76.8 Å². The number of carbonyl (C=O) groups is 1. The van der Waals surface area contributed by atoms with Gasteiger partial charge in [-0.3, -0.25) is 4.79 Å². The molecule has 4 nitrogen and oxygen atoms in total. The molecule has 2 aliphatic heterocycles. The Morgan fingerprint density at radius 3 is 3.00 bits per heavy atom. The molecule has 0 saturated carbocycles. The highest BCUT2D eigenvalue weighted by Gasteiger charge is 2.52. The van der Waals surface area contributed by atoms with E-state index in [-0.39, 0.29) is 12.4 Å². The van der Waals surface area contributed by atoms with Crippen molar-refractivity contribution >= 4 is 5.78 Å². The molecule has 0 radical (unpaired) electrons. The number of rotatable bonds is 2. The van der Waals surface area contributed by atoms with Gasteiger partial charge < -0.3 is 14.6 Å². The van der Waals surface area contributed by atoms with E-state index in [9.17, 15) is 4.79 Å². The molecule has 2 aliphatic rings. The lowest BCUT2D eigenvalue weighted by Crippen LogP contribution is -2.39. The molecule has 2 bridgehead atoms. The van der Waals surface area contributed by atoms with Crippen molar-refractivity contribution in [1.82, 2.24) is 0 Å². The third-order valence-corrected chi connectivity index (χ3v) is 2.83. The fraction of sp³-hybridized carbons (Fsp3) is 0.889. The molecule has 1 N–H and O–H groups in total. The zero-order valence-corrected chi connectivity index (χ0v) is 7.66. The van der Waals surface area contributed by atoms with Gasteiger partial charge >= 0.3 is 0 Å². The standard InChI is InChI=1S/C9H14O4/c1-2-9-4-3-6(11)8(13-9)7(5-10)12-9/h7-8,10H,2-5H2,1H3/t7-,8-,9+/m0/s1. The van der Waals surface area contributed by atoms with Crippen LogP contribution in [0.1, 0.15) is 26.2 Å². The molecule has 3 atom stereocenters. The van der Waals surface area contributed by atoms with Gasteiger partial charge in [-0.1, -0.05) is 6.92 Å².